The molecule has 0 saturated carbocycles. The van der Waals surface area contributed by atoms with Crippen molar-refractivity contribution in [2.24, 2.45) is 0 Å². The van der Waals surface area contributed by atoms with Crippen LogP contribution in [0.5, 0.6) is 5.75 Å². The highest BCUT2D eigenvalue weighted by atomic mass is 35.5. The van der Waals surface area contributed by atoms with Crippen molar-refractivity contribution in [1.82, 2.24) is 10.0 Å². The number of benzene rings is 4. The Morgan fingerprint density at radius 3 is 1.80 bits per heavy atom. The normalized spacial score (nSPS) is 12.3. The number of nitrogens with zero attached hydrogens (tertiary/aromatic N) is 2. The van der Waals surface area contributed by atoms with Crippen LogP contribution in [-0.4, -0.2) is 46.0 Å². The molecule has 0 bridgehead atoms. The predicted molar refractivity (Wildman–Crippen MR) is 172 cm³/mol. The van der Waals surface area contributed by atoms with E-state index < -0.39 is 47.1 Å². The highest BCUT2D eigenvalue weighted by molar-refractivity contribution is 6.55. The third-order valence-electron chi connectivity index (χ3n) is 6.49. The lowest BCUT2D eigenvalue weighted by Crippen LogP contribution is -2.51. The first-order chi connectivity index (χ1) is 21.3. The number of ketones is 1. The van der Waals surface area contributed by atoms with Crippen LogP contribution >= 0.6 is 81.2 Å². The van der Waals surface area contributed by atoms with Crippen LogP contribution in [0.25, 0.3) is 0 Å². The maximum atomic E-state index is 13.8. The predicted octanol–water partition coefficient (Wildman–Crippen LogP) is 9.02. The molecule has 0 aliphatic carbocycles. The molecule has 1 aliphatic heterocycles. The Labute approximate surface area is 289 Å². The van der Waals surface area contributed by atoms with Gasteiger partial charge in [0.05, 0.1) is 52.4 Å². The van der Waals surface area contributed by atoms with E-state index in [1.807, 2.05) is 0 Å². The van der Waals surface area contributed by atoms with E-state index in [1.54, 1.807) is 6.07 Å². The molecule has 0 spiro atoms. The summed E-state index contributed by atoms with van der Waals surface area (Å²) in [5.74, 6) is -4.51. The monoisotopic (exact) mass is 742 g/mol. The van der Waals surface area contributed by atoms with Crippen LogP contribution in [0.3, 0.4) is 0 Å². The Bertz CT molecular complexity index is 1900. The standard InChI is InChI=1S/C30H13Cl7N2O6/c31-14-7-10-17(19(33)11-14)30(44)45-15-8-5-13(6-9-15)20(40)12-38(27(41)16-3-1-2-4-18(16)32)39-28(42)21-22(29(39)43)24(35)26(37)25(36)23(21)34/h1-11H,12H2. The molecular formula is C30H13Cl7N2O6. The van der Waals surface area contributed by atoms with Gasteiger partial charge in [0.15, 0.2) is 5.78 Å². The smallest absolute Gasteiger partial charge is 0.345 e. The summed E-state index contributed by atoms with van der Waals surface area (Å²) < 4.78 is 5.33. The number of hydrogen-bond acceptors (Lipinski definition) is 6. The zero-order chi connectivity index (χ0) is 32.7. The summed E-state index contributed by atoms with van der Waals surface area (Å²) in [4.78, 5) is 67.0. The molecule has 0 saturated heterocycles. The lowest BCUT2D eigenvalue weighted by atomic mass is 10.1. The van der Waals surface area contributed by atoms with Gasteiger partial charge in [0, 0.05) is 10.6 Å². The van der Waals surface area contributed by atoms with Gasteiger partial charge in [0.25, 0.3) is 17.7 Å². The highest BCUT2D eigenvalue weighted by Crippen LogP contribution is 2.45. The van der Waals surface area contributed by atoms with E-state index in [4.69, 9.17) is 85.9 Å². The second-order valence-electron chi connectivity index (χ2n) is 9.23. The quantitative estimate of drug-likeness (QED) is 0.0468. The molecule has 0 unspecified atom stereocenters. The summed E-state index contributed by atoms with van der Waals surface area (Å²) in [5.41, 5.74) is -0.788. The molecule has 0 radical (unpaired) electrons. The van der Waals surface area contributed by atoms with E-state index in [-0.39, 0.29) is 52.6 Å². The minimum Gasteiger partial charge on any atom is -0.423 e. The molecule has 1 aliphatic rings. The number of esters is 1. The second-order valence-corrected chi connectivity index (χ2v) is 12.0. The molecule has 5 rings (SSSR count). The second kappa shape index (κ2) is 13.2. The van der Waals surface area contributed by atoms with Gasteiger partial charge in [-0.1, -0.05) is 93.3 Å². The summed E-state index contributed by atoms with van der Waals surface area (Å²) in [6.07, 6.45) is 0. The number of carbonyl (C=O) groups excluding carboxylic acids is 5. The van der Waals surface area contributed by atoms with Crippen LogP contribution in [0.1, 0.15) is 51.8 Å². The topological polar surface area (TPSA) is 101 Å². The van der Waals surface area contributed by atoms with E-state index in [0.717, 1.165) is 0 Å². The molecule has 45 heavy (non-hydrogen) atoms. The zero-order valence-corrected chi connectivity index (χ0v) is 27.3. The van der Waals surface area contributed by atoms with Gasteiger partial charge < -0.3 is 4.74 Å². The van der Waals surface area contributed by atoms with Crippen molar-refractivity contribution in [2.75, 3.05) is 6.54 Å². The lowest BCUT2D eigenvalue weighted by molar-refractivity contribution is 0.00532. The first kappa shape index (κ1) is 33.0. The number of rotatable bonds is 7. The maximum Gasteiger partial charge on any atom is 0.345 e. The molecule has 0 aromatic heterocycles. The number of imide groups is 1. The van der Waals surface area contributed by atoms with E-state index in [0.29, 0.717) is 15.0 Å². The average molecular weight is 746 g/mol. The minimum atomic E-state index is -1.07. The van der Waals surface area contributed by atoms with Crippen molar-refractivity contribution in [3.05, 3.63) is 130 Å². The number of ether oxygens (including phenoxy) is 1. The Morgan fingerprint density at radius 1 is 0.667 bits per heavy atom. The molecule has 3 amide bonds. The first-order valence-electron chi connectivity index (χ1n) is 12.4. The lowest BCUT2D eigenvalue weighted by Gasteiger charge is -2.29. The largest absolute Gasteiger partial charge is 0.423 e. The Balaban J connectivity index is 1.46. The third-order valence-corrected chi connectivity index (χ3v) is 9.17. The molecule has 0 atom stereocenters. The number of hydrogen-bond donors (Lipinski definition) is 0. The fourth-order valence-corrected chi connectivity index (χ4v) is 6.03. The summed E-state index contributed by atoms with van der Waals surface area (Å²) in [7, 11) is 0. The van der Waals surface area contributed by atoms with E-state index >= 15 is 0 Å². The fourth-order valence-electron chi connectivity index (χ4n) is 4.32. The molecule has 0 fully saturated rings. The number of Topliss-reactive ketones (excluding diaryl/α,β-unsaturated/α-hetero) is 1. The Kier molecular flexibility index (Phi) is 9.68. The Morgan fingerprint density at radius 2 is 1.24 bits per heavy atom. The van der Waals surface area contributed by atoms with Gasteiger partial charge in [-0.15, -0.1) is 0 Å². The third kappa shape index (κ3) is 6.24. The number of fused-ring (bicyclic) bond motifs is 1. The Hall–Kier alpha value is -3.34. The maximum absolute atomic E-state index is 13.8. The van der Waals surface area contributed by atoms with Gasteiger partial charge >= 0.3 is 5.97 Å². The van der Waals surface area contributed by atoms with Crippen LogP contribution < -0.4 is 4.74 Å². The molecular weight excluding hydrogens is 733 g/mol. The van der Waals surface area contributed by atoms with Gasteiger partial charge in [-0.25, -0.2) is 9.80 Å². The van der Waals surface area contributed by atoms with Crippen LogP contribution in [0.4, 0.5) is 0 Å². The van der Waals surface area contributed by atoms with Crippen LogP contribution in [0.2, 0.25) is 35.2 Å². The van der Waals surface area contributed by atoms with Crippen molar-refractivity contribution in [3.8, 4) is 5.75 Å². The van der Waals surface area contributed by atoms with E-state index in [1.165, 1.54) is 60.7 Å². The molecule has 8 nitrogen and oxygen atoms in total. The molecule has 0 N–H and O–H groups in total. The molecule has 4 aromatic rings. The van der Waals surface area contributed by atoms with Crippen molar-refractivity contribution >= 4 is 111 Å². The SMILES string of the molecule is O=C(CN(C(=O)c1ccccc1Cl)N1C(=O)c2c(Cl)c(Cl)c(Cl)c(Cl)c2C1=O)c1ccc(OC(=O)c2ccc(Cl)cc2Cl)cc1. The number of amides is 3. The van der Waals surface area contributed by atoms with Crippen molar-refractivity contribution in [3.63, 3.8) is 0 Å². The summed E-state index contributed by atoms with van der Waals surface area (Å²) in [5, 5.41) is 0.208. The number of carbonyl (C=O) groups is 5. The van der Waals surface area contributed by atoms with Gasteiger partial charge in [0.1, 0.15) is 12.3 Å². The number of hydrazine groups is 1. The van der Waals surface area contributed by atoms with Crippen LogP contribution in [-0.2, 0) is 0 Å². The molecule has 15 heteroatoms. The number of halogens is 7. The van der Waals surface area contributed by atoms with E-state index in [2.05, 4.69) is 0 Å². The van der Waals surface area contributed by atoms with Crippen LogP contribution in [0, 0.1) is 0 Å². The highest BCUT2D eigenvalue weighted by Gasteiger charge is 2.46. The van der Waals surface area contributed by atoms with Crippen molar-refractivity contribution < 1.29 is 28.7 Å². The minimum absolute atomic E-state index is 0.00864. The summed E-state index contributed by atoms with van der Waals surface area (Å²) >= 11 is 42.9. The van der Waals surface area contributed by atoms with Crippen molar-refractivity contribution in [2.45, 2.75) is 0 Å². The van der Waals surface area contributed by atoms with E-state index in [9.17, 15) is 24.0 Å². The van der Waals surface area contributed by atoms with Crippen LogP contribution in [0.15, 0.2) is 66.7 Å². The summed E-state index contributed by atoms with van der Waals surface area (Å²) in [6.45, 7) is -0.814. The fraction of sp³-hybridized carbons (Fsp3) is 0.0333. The average Bonchev–Trinajstić information content (AvgIpc) is 3.27. The van der Waals surface area contributed by atoms with Crippen molar-refractivity contribution in [1.29, 1.82) is 0 Å². The zero-order valence-electron chi connectivity index (χ0n) is 22.0. The van der Waals surface area contributed by atoms with Gasteiger partial charge in [0.2, 0.25) is 0 Å². The molecule has 1 heterocycles. The van der Waals surface area contributed by atoms with Gasteiger partial charge in [-0.3, -0.25) is 19.2 Å². The summed E-state index contributed by atoms with van der Waals surface area (Å²) in [6, 6.07) is 15.4. The molecule has 228 valence electrons. The molecule has 4 aromatic carbocycles. The van der Waals surface area contributed by atoms with Gasteiger partial charge in [-0.05, 0) is 54.6 Å². The first-order valence-corrected chi connectivity index (χ1v) is 15.1. The van der Waals surface area contributed by atoms with Gasteiger partial charge in [-0.2, -0.15) is 5.01 Å².